The van der Waals surface area contributed by atoms with Crippen LogP contribution in [0.15, 0.2) is 28.7 Å². The fourth-order valence-electron chi connectivity index (χ4n) is 2.70. The highest BCUT2D eigenvalue weighted by Crippen LogP contribution is 2.27. The van der Waals surface area contributed by atoms with Crippen molar-refractivity contribution in [1.29, 1.82) is 0 Å². The Labute approximate surface area is 126 Å². The Morgan fingerprint density at radius 3 is 2.55 bits per heavy atom. The van der Waals surface area contributed by atoms with Crippen molar-refractivity contribution in [1.82, 2.24) is 5.32 Å². The molecule has 0 aromatic heterocycles. The summed E-state index contributed by atoms with van der Waals surface area (Å²) in [6.07, 6.45) is 4.98. The minimum absolute atomic E-state index is 0.0392. The zero-order valence-corrected chi connectivity index (χ0v) is 12.7. The van der Waals surface area contributed by atoms with Gasteiger partial charge in [0.2, 0.25) is 0 Å². The average Bonchev–Trinajstić information content (AvgIpc) is 2.45. The molecule has 108 valence electrons. The minimum atomic E-state index is -0.944. The van der Waals surface area contributed by atoms with Gasteiger partial charge in [-0.25, -0.2) is 4.79 Å². The maximum atomic E-state index is 12.2. The number of amides is 1. The summed E-state index contributed by atoms with van der Waals surface area (Å²) in [5.74, 6) is -1.23. The van der Waals surface area contributed by atoms with Crippen molar-refractivity contribution in [3.05, 3.63) is 34.3 Å². The number of carbonyl (C=O) groups excluding carboxylic acids is 1. The Morgan fingerprint density at radius 2 is 1.95 bits per heavy atom. The number of carbonyl (C=O) groups is 2. The lowest BCUT2D eigenvalue weighted by atomic mass is 9.84. The molecule has 1 amide bonds. The molecule has 0 radical (unpaired) electrons. The first-order chi connectivity index (χ1) is 9.58. The van der Waals surface area contributed by atoms with Crippen LogP contribution in [0.2, 0.25) is 0 Å². The molecule has 1 aliphatic rings. The fraction of sp³-hybridized carbons (Fsp3) is 0.467. The predicted octanol–water partition coefficient (Wildman–Crippen LogP) is 3.21. The maximum absolute atomic E-state index is 12.2. The highest BCUT2D eigenvalue weighted by molar-refractivity contribution is 9.10. The molecular formula is C15H18BrNO3. The third-order valence-electron chi connectivity index (χ3n) is 3.76. The van der Waals surface area contributed by atoms with Crippen LogP contribution in [-0.4, -0.2) is 23.0 Å². The van der Waals surface area contributed by atoms with Gasteiger partial charge in [0, 0.05) is 10.0 Å². The molecule has 0 bridgehead atoms. The first kappa shape index (κ1) is 15.0. The lowest BCUT2D eigenvalue weighted by molar-refractivity contribution is -0.141. The Hall–Kier alpha value is -1.36. The van der Waals surface area contributed by atoms with E-state index >= 15 is 0 Å². The van der Waals surface area contributed by atoms with Gasteiger partial charge in [-0.2, -0.15) is 0 Å². The van der Waals surface area contributed by atoms with Gasteiger partial charge in [0.25, 0.3) is 5.91 Å². The molecule has 1 unspecified atom stereocenters. The van der Waals surface area contributed by atoms with Gasteiger partial charge in [-0.15, -0.1) is 0 Å². The monoisotopic (exact) mass is 339 g/mol. The summed E-state index contributed by atoms with van der Waals surface area (Å²) >= 11 is 3.31. The molecule has 2 N–H and O–H groups in total. The zero-order valence-electron chi connectivity index (χ0n) is 11.1. The van der Waals surface area contributed by atoms with Gasteiger partial charge in [-0.1, -0.05) is 41.3 Å². The zero-order chi connectivity index (χ0) is 14.5. The molecule has 0 heterocycles. The smallest absolute Gasteiger partial charge is 0.326 e. The largest absolute Gasteiger partial charge is 0.480 e. The van der Waals surface area contributed by atoms with E-state index in [0.717, 1.165) is 36.6 Å². The molecular weight excluding hydrogens is 322 g/mol. The number of aliphatic carboxylic acids is 1. The van der Waals surface area contributed by atoms with E-state index in [1.54, 1.807) is 18.2 Å². The molecule has 1 fully saturated rings. The van der Waals surface area contributed by atoms with Crippen LogP contribution in [0.1, 0.15) is 42.5 Å². The van der Waals surface area contributed by atoms with Gasteiger partial charge in [-0.05, 0) is 37.0 Å². The van der Waals surface area contributed by atoms with Crippen molar-refractivity contribution in [2.75, 3.05) is 0 Å². The second-order valence-corrected chi connectivity index (χ2v) is 6.11. The van der Waals surface area contributed by atoms with E-state index < -0.39 is 12.0 Å². The molecule has 1 atom stereocenters. The standard InChI is InChI=1S/C15H18BrNO3/c16-12-8-4-7-11(9-12)14(18)17-13(15(19)20)10-5-2-1-3-6-10/h4,7-10,13H,1-3,5-6H2,(H,17,18)(H,19,20). The van der Waals surface area contributed by atoms with Crippen molar-refractivity contribution < 1.29 is 14.7 Å². The summed E-state index contributed by atoms with van der Waals surface area (Å²) < 4.78 is 0.801. The summed E-state index contributed by atoms with van der Waals surface area (Å²) in [6, 6.07) is 6.17. The number of hydrogen-bond donors (Lipinski definition) is 2. The molecule has 5 heteroatoms. The molecule has 2 rings (SSSR count). The van der Waals surface area contributed by atoms with Gasteiger partial charge < -0.3 is 10.4 Å². The number of hydrogen-bond acceptors (Lipinski definition) is 2. The third kappa shape index (κ3) is 3.82. The van der Waals surface area contributed by atoms with Gasteiger partial charge in [-0.3, -0.25) is 4.79 Å². The first-order valence-electron chi connectivity index (χ1n) is 6.87. The lowest BCUT2D eigenvalue weighted by Crippen LogP contribution is -2.46. The number of benzene rings is 1. The highest BCUT2D eigenvalue weighted by atomic mass is 79.9. The first-order valence-corrected chi connectivity index (χ1v) is 7.66. The van der Waals surface area contributed by atoms with E-state index in [9.17, 15) is 14.7 Å². The number of carboxylic acids is 1. The number of halogens is 1. The van der Waals surface area contributed by atoms with Crippen LogP contribution in [0.25, 0.3) is 0 Å². The van der Waals surface area contributed by atoms with E-state index in [1.165, 1.54) is 0 Å². The van der Waals surface area contributed by atoms with Crippen molar-refractivity contribution in [2.24, 2.45) is 5.92 Å². The minimum Gasteiger partial charge on any atom is -0.480 e. The van der Waals surface area contributed by atoms with Crippen LogP contribution in [0, 0.1) is 5.92 Å². The fourth-order valence-corrected chi connectivity index (χ4v) is 3.10. The summed E-state index contributed by atoms with van der Waals surface area (Å²) in [5, 5.41) is 12.0. The van der Waals surface area contributed by atoms with Crippen LogP contribution in [0.3, 0.4) is 0 Å². The van der Waals surface area contributed by atoms with Crippen molar-refractivity contribution in [3.63, 3.8) is 0 Å². The maximum Gasteiger partial charge on any atom is 0.326 e. The normalized spacial score (nSPS) is 17.4. The molecule has 0 spiro atoms. The summed E-state index contributed by atoms with van der Waals surface area (Å²) in [6.45, 7) is 0. The lowest BCUT2D eigenvalue weighted by Gasteiger charge is -2.28. The van der Waals surface area contributed by atoms with Crippen molar-refractivity contribution >= 4 is 27.8 Å². The summed E-state index contributed by atoms with van der Waals surface area (Å²) in [5.41, 5.74) is 0.474. The predicted molar refractivity (Wildman–Crippen MR) is 79.6 cm³/mol. The van der Waals surface area contributed by atoms with Crippen molar-refractivity contribution in [2.45, 2.75) is 38.1 Å². The number of rotatable bonds is 4. The second kappa shape index (κ2) is 6.88. The number of nitrogens with one attached hydrogen (secondary N) is 1. The topological polar surface area (TPSA) is 66.4 Å². The van der Waals surface area contributed by atoms with Gasteiger partial charge in [0.1, 0.15) is 6.04 Å². The van der Waals surface area contributed by atoms with E-state index in [2.05, 4.69) is 21.2 Å². The van der Waals surface area contributed by atoms with E-state index in [1.807, 2.05) is 6.07 Å². The summed E-state index contributed by atoms with van der Waals surface area (Å²) in [4.78, 5) is 23.6. The van der Waals surface area contributed by atoms with Crippen LogP contribution in [0.5, 0.6) is 0 Å². The van der Waals surface area contributed by atoms with Crippen molar-refractivity contribution in [3.8, 4) is 0 Å². The molecule has 0 aliphatic heterocycles. The van der Waals surface area contributed by atoms with Crippen LogP contribution < -0.4 is 5.32 Å². The molecule has 1 aliphatic carbocycles. The number of carboxylic acid groups (broad SMARTS) is 1. The second-order valence-electron chi connectivity index (χ2n) is 5.20. The quantitative estimate of drug-likeness (QED) is 0.884. The highest BCUT2D eigenvalue weighted by Gasteiger charge is 2.30. The van der Waals surface area contributed by atoms with Crippen LogP contribution in [0.4, 0.5) is 0 Å². The van der Waals surface area contributed by atoms with E-state index in [4.69, 9.17) is 0 Å². The van der Waals surface area contributed by atoms with E-state index in [0.29, 0.717) is 5.56 Å². The third-order valence-corrected chi connectivity index (χ3v) is 4.25. The Kier molecular flexibility index (Phi) is 5.17. The molecule has 1 aromatic carbocycles. The van der Waals surface area contributed by atoms with Crippen LogP contribution in [-0.2, 0) is 4.79 Å². The molecule has 0 saturated heterocycles. The SMILES string of the molecule is O=C(NC(C(=O)O)C1CCCCC1)c1cccc(Br)c1. The molecule has 1 aromatic rings. The van der Waals surface area contributed by atoms with Gasteiger partial charge >= 0.3 is 5.97 Å². The Balaban J connectivity index is 2.07. The Bertz CT molecular complexity index is 498. The summed E-state index contributed by atoms with van der Waals surface area (Å²) in [7, 11) is 0. The van der Waals surface area contributed by atoms with Gasteiger partial charge in [0.15, 0.2) is 0 Å². The molecule has 20 heavy (non-hydrogen) atoms. The average molecular weight is 340 g/mol. The van der Waals surface area contributed by atoms with E-state index in [-0.39, 0.29) is 11.8 Å². The van der Waals surface area contributed by atoms with Crippen LogP contribution >= 0.6 is 15.9 Å². The van der Waals surface area contributed by atoms with Gasteiger partial charge in [0.05, 0.1) is 0 Å². The molecule has 4 nitrogen and oxygen atoms in total. The Morgan fingerprint density at radius 1 is 1.25 bits per heavy atom. The molecule has 1 saturated carbocycles.